The second kappa shape index (κ2) is 6.42. The number of aromatic nitrogens is 2. The Labute approximate surface area is 109 Å². The van der Waals surface area contributed by atoms with E-state index in [0.717, 1.165) is 18.8 Å². The molecular weight excluding hydrogens is 228 g/mol. The Kier molecular flexibility index (Phi) is 5.19. The van der Waals surface area contributed by atoms with Crippen molar-refractivity contribution in [2.75, 3.05) is 24.2 Å². The van der Waals surface area contributed by atoms with Gasteiger partial charge in [0.1, 0.15) is 12.0 Å². The van der Waals surface area contributed by atoms with E-state index >= 15 is 0 Å². The molecule has 2 N–H and O–H groups in total. The average molecular weight is 252 g/mol. The van der Waals surface area contributed by atoms with Crippen LogP contribution in [0.5, 0.6) is 5.88 Å². The highest BCUT2D eigenvalue weighted by atomic mass is 16.5. The number of hydrogen-bond donors (Lipinski definition) is 1. The first-order valence-electron chi connectivity index (χ1n) is 6.43. The number of hydrogen-bond acceptors (Lipinski definition) is 5. The van der Waals surface area contributed by atoms with E-state index in [-0.39, 0.29) is 6.10 Å². The van der Waals surface area contributed by atoms with Crippen molar-refractivity contribution in [2.24, 2.45) is 5.92 Å². The minimum Gasteiger partial charge on any atom is -0.473 e. The fraction of sp³-hybridized carbons (Fsp3) is 0.692. The lowest BCUT2D eigenvalue weighted by Gasteiger charge is -2.23. The Bertz CT molecular complexity index is 381. The molecule has 5 heteroatoms. The Morgan fingerprint density at radius 3 is 2.56 bits per heavy atom. The Morgan fingerprint density at radius 1 is 1.33 bits per heavy atom. The van der Waals surface area contributed by atoms with Gasteiger partial charge in [-0.15, -0.1) is 0 Å². The molecule has 0 aliphatic rings. The molecule has 0 aliphatic heterocycles. The summed E-state index contributed by atoms with van der Waals surface area (Å²) >= 11 is 0. The monoisotopic (exact) mass is 252 g/mol. The van der Waals surface area contributed by atoms with Crippen molar-refractivity contribution >= 4 is 11.5 Å². The molecule has 1 aromatic rings. The molecule has 102 valence electrons. The van der Waals surface area contributed by atoms with Crippen LogP contribution < -0.4 is 15.4 Å². The van der Waals surface area contributed by atoms with Crippen LogP contribution in [0.4, 0.5) is 11.5 Å². The molecular formula is C13H24N4O. The van der Waals surface area contributed by atoms with Crippen molar-refractivity contribution in [2.45, 2.75) is 40.2 Å². The van der Waals surface area contributed by atoms with E-state index in [1.807, 2.05) is 20.9 Å². The lowest BCUT2D eigenvalue weighted by Crippen LogP contribution is -2.26. The van der Waals surface area contributed by atoms with E-state index in [4.69, 9.17) is 10.5 Å². The normalized spacial score (nSPS) is 12.6. The molecule has 0 aromatic carbocycles. The van der Waals surface area contributed by atoms with Crippen molar-refractivity contribution in [3.8, 4) is 5.88 Å². The van der Waals surface area contributed by atoms with E-state index < -0.39 is 0 Å². The minimum atomic E-state index is 0.0509. The van der Waals surface area contributed by atoms with Crippen LogP contribution >= 0.6 is 0 Å². The molecule has 0 bridgehead atoms. The Morgan fingerprint density at radius 2 is 2.00 bits per heavy atom. The lowest BCUT2D eigenvalue weighted by atomic mass is 10.1. The third kappa shape index (κ3) is 3.75. The summed E-state index contributed by atoms with van der Waals surface area (Å²) in [5, 5.41) is 0. The molecule has 1 heterocycles. The molecule has 18 heavy (non-hydrogen) atoms. The van der Waals surface area contributed by atoms with Gasteiger partial charge in [0.15, 0.2) is 5.82 Å². The summed E-state index contributed by atoms with van der Waals surface area (Å²) in [5.74, 6) is 1.80. The predicted molar refractivity (Wildman–Crippen MR) is 74.9 cm³/mol. The van der Waals surface area contributed by atoms with E-state index in [0.29, 0.717) is 17.5 Å². The van der Waals surface area contributed by atoms with Gasteiger partial charge in [-0.25, -0.2) is 4.98 Å². The van der Waals surface area contributed by atoms with Crippen LogP contribution in [0.2, 0.25) is 0 Å². The standard InChI is InChI=1S/C13H24N4O/c1-6-10(4)7-17(5)12-11(14)13(16-8-15-12)18-9(2)3/h8-10H,6-7,14H2,1-5H3. The Balaban J connectivity index is 2.88. The molecule has 1 atom stereocenters. The van der Waals surface area contributed by atoms with Crippen LogP contribution in [0.1, 0.15) is 34.1 Å². The Hall–Kier alpha value is -1.52. The zero-order valence-corrected chi connectivity index (χ0v) is 12.0. The highest BCUT2D eigenvalue weighted by molar-refractivity contribution is 5.67. The maximum atomic E-state index is 6.06. The first-order chi connectivity index (χ1) is 8.45. The predicted octanol–water partition coefficient (Wildman–Crippen LogP) is 2.33. The minimum absolute atomic E-state index is 0.0509. The zero-order valence-electron chi connectivity index (χ0n) is 12.0. The fourth-order valence-electron chi connectivity index (χ4n) is 1.68. The van der Waals surface area contributed by atoms with Gasteiger partial charge in [0, 0.05) is 13.6 Å². The highest BCUT2D eigenvalue weighted by Gasteiger charge is 2.15. The van der Waals surface area contributed by atoms with E-state index in [2.05, 4.69) is 28.7 Å². The van der Waals surface area contributed by atoms with Gasteiger partial charge in [-0.05, 0) is 19.8 Å². The second-order valence-electron chi connectivity index (χ2n) is 4.98. The van der Waals surface area contributed by atoms with Crippen LogP contribution in [0, 0.1) is 5.92 Å². The molecule has 0 amide bonds. The summed E-state index contributed by atoms with van der Waals surface area (Å²) in [6.07, 6.45) is 2.68. The smallest absolute Gasteiger partial charge is 0.242 e. The molecule has 0 radical (unpaired) electrons. The van der Waals surface area contributed by atoms with Gasteiger partial charge in [-0.3, -0.25) is 0 Å². The summed E-state index contributed by atoms with van der Waals surface area (Å²) in [6.45, 7) is 9.20. The molecule has 1 rings (SSSR count). The van der Waals surface area contributed by atoms with Gasteiger partial charge >= 0.3 is 0 Å². The van der Waals surface area contributed by atoms with E-state index in [1.165, 1.54) is 6.33 Å². The number of nitrogen functional groups attached to an aromatic ring is 1. The van der Waals surface area contributed by atoms with Crippen molar-refractivity contribution in [3.05, 3.63) is 6.33 Å². The van der Waals surface area contributed by atoms with Crippen LogP contribution in [-0.2, 0) is 0 Å². The first-order valence-corrected chi connectivity index (χ1v) is 6.43. The van der Waals surface area contributed by atoms with Crippen molar-refractivity contribution in [1.82, 2.24) is 9.97 Å². The zero-order chi connectivity index (χ0) is 13.7. The number of nitrogens with two attached hydrogens (primary N) is 1. The van der Waals surface area contributed by atoms with Crippen molar-refractivity contribution < 1.29 is 4.74 Å². The maximum Gasteiger partial charge on any atom is 0.242 e. The number of rotatable bonds is 6. The average Bonchev–Trinajstić information content (AvgIpc) is 2.31. The van der Waals surface area contributed by atoms with Gasteiger partial charge in [-0.2, -0.15) is 4.98 Å². The summed E-state index contributed by atoms with van der Waals surface area (Å²) in [6, 6.07) is 0. The van der Waals surface area contributed by atoms with E-state index in [1.54, 1.807) is 0 Å². The molecule has 0 saturated carbocycles. The quantitative estimate of drug-likeness (QED) is 0.841. The fourth-order valence-corrected chi connectivity index (χ4v) is 1.68. The molecule has 0 spiro atoms. The van der Waals surface area contributed by atoms with Crippen molar-refractivity contribution in [3.63, 3.8) is 0 Å². The lowest BCUT2D eigenvalue weighted by molar-refractivity contribution is 0.234. The molecule has 0 fully saturated rings. The SMILES string of the molecule is CCC(C)CN(C)c1ncnc(OC(C)C)c1N. The summed E-state index contributed by atoms with van der Waals surface area (Å²) in [4.78, 5) is 10.4. The third-order valence-corrected chi connectivity index (χ3v) is 2.82. The first kappa shape index (κ1) is 14.5. The van der Waals surface area contributed by atoms with Crippen LogP contribution in [0.15, 0.2) is 6.33 Å². The van der Waals surface area contributed by atoms with Gasteiger partial charge in [0.25, 0.3) is 0 Å². The van der Waals surface area contributed by atoms with Crippen LogP contribution in [0.25, 0.3) is 0 Å². The topological polar surface area (TPSA) is 64.3 Å². The summed E-state index contributed by atoms with van der Waals surface area (Å²) in [7, 11) is 1.99. The second-order valence-corrected chi connectivity index (χ2v) is 4.98. The molecule has 0 aliphatic carbocycles. The van der Waals surface area contributed by atoms with Gasteiger partial charge in [-0.1, -0.05) is 20.3 Å². The van der Waals surface area contributed by atoms with Crippen LogP contribution in [-0.4, -0.2) is 29.7 Å². The number of ether oxygens (including phenoxy) is 1. The highest BCUT2D eigenvalue weighted by Crippen LogP contribution is 2.28. The summed E-state index contributed by atoms with van der Waals surface area (Å²) < 4.78 is 5.56. The van der Waals surface area contributed by atoms with Gasteiger partial charge in [0.05, 0.1) is 6.10 Å². The maximum absolute atomic E-state index is 6.06. The molecule has 1 unspecified atom stereocenters. The number of anilines is 2. The van der Waals surface area contributed by atoms with Crippen LogP contribution in [0.3, 0.4) is 0 Å². The molecule has 1 aromatic heterocycles. The molecule has 5 nitrogen and oxygen atoms in total. The molecule has 0 saturated heterocycles. The number of nitrogens with zero attached hydrogens (tertiary/aromatic N) is 3. The summed E-state index contributed by atoms with van der Waals surface area (Å²) in [5.41, 5.74) is 6.57. The van der Waals surface area contributed by atoms with E-state index in [9.17, 15) is 0 Å². The van der Waals surface area contributed by atoms with Crippen molar-refractivity contribution in [1.29, 1.82) is 0 Å². The van der Waals surface area contributed by atoms with Gasteiger partial charge < -0.3 is 15.4 Å². The third-order valence-electron chi connectivity index (χ3n) is 2.82. The van der Waals surface area contributed by atoms with Gasteiger partial charge in [0.2, 0.25) is 5.88 Å². The largest absolute Gasteiger partial charge is 0.473 e.